The number of rotatable bonds is 9. The van der Waals surface area contributed by atoms with Crippen LogP contribution in [-0.2, 0) is 29.2 Å². The van der Waals surface area contributed by atoms with E-state index in [0.717, 1.165) is 29.9 Å². The zero-order valence-corrected chi connectivity index (χ0v) is 21.1. The Morgan fingerprint density at radius 2 is 1.78 bits per heavy atom. The Bertz CT molecular complexity index is 1220. The second kappa shape index (κ2) is 11.5. The number of ether oxygens (including phenoxy) is 3. The van der Waals surface area contributed by atoms with Crippen molar-refractivity contribution in [1.82, 2.24) is 9.80 Å². The maximum Gasteiger partial charge on any atom is 0.310 e. The van der Waals surface area contributed by atoms with Crippen LogP contribution >= 0.6 is 0 Å². The lowest BCUT2D eigenvalue weighted by molar-refractivity contribution is -0.149. The predicted molar refractivity (Wildman–Crippen MR) is 136 cm³/mol. The first-order valence-electron chi connectivity index (χ1n) is 12.8. The van der Waals surface area contributed by atoms with Gasteiger partial charge in [-0.3, -0.25) is 14.5 Å². The zero-order valence-electron chi connectivity index (χ0n) is 21.1. The Kier molecular flexibility index (Phi) is 7.75. The second-order valence-corrected chi connectivity index (χ2v) is 9.43. The predicted octanol–water partition coefficient (Wildman–Crippen LogP) is 4.63. The molecule has 2 aliphatic heterocycles. The van der Waals surface area contributed by atoms with E-state index in [9.17, 15) is 9.59 Å². The molecule has 0 N–H and O–H groups in total. The minimum atomic E-state index is -0.282. The maximum absolute atomic E-state index is 13.2. The first-order valence-corrected chi connectivity index (χ1v) is 12.8. The molecule has 2 aliphatic rings. The summed E-state index contributed by atoms with van der Waals surface area (Å²) < 4.78 is 22.2. The molecule has 8 nitrogen and oxygen atoms in total. The average Bonchev–Trinajstić information content (AvgIpc) is 3.58. The van der Waals surface area contributed by atoms with Crippen molar-refractivity contribution in [3.63, 3.8) is 0 Å². The smallest absolute Gasteiger partial charge is 0.310 e. The van der Waals surface area contributed by atoms with Gasteiger partial charge < -0.3 is 23.5 Å². The summed E-state index contributed by atoms with van der Waals surface area (Å²) >= 11 is 0. The van der Waals surface area contributed by atoms with Gasteiger partial charge in [0.1, 0.15) is 5.76 Å². The van der Waals surface area contributed by atoms with Crippen LogP contribution in [0.3, 0.4) is 0 Å². The number of nitrogens with zero attached hydrogens (tertiary/aromatic N) is 2. The highest BCUT2D eigenvalue weighted by atomic mass is 16.7. The van der Waals surface area contributed by atoms with Crippen molar-refractivity contribution in [1.29, 1.82) is 0 Å². The highest BCUT2D eigenvalue weighted by Crippen LogP contribution is 2.33. The summed E-state index contributed by atoms with van der Waals surface area (Å²) in [6, 6.07) is 19.8. The lowest BCUT2D eigenvalue weighted by Crippen LogP contribution is -2.42. The van der Waals surface area contributed by atoms with Crippen molar-refractivity contribution in [2.75, 3.05) is 26.5 Å². The SMILES string of the molecule is CCOC(=O)C1CCCN(C(=O)c2ccc(CN(Cc3ccccc3)Cc3ccc4c(c3)OCO4)o2)C1. The molecule has 1 atom stereocenters. The number of fused-ring (bicyclic) bond motifs is 1. The normalized spacial score (nSPS) is 16.7. The summed E-state index contributed by atoms with van der Waals surface area (Å²) in [5.74, 6) is 1.81. The largest absolute Gasteiger partial charge is 0.466 e. The zero-order chi connectivity index (χ0) is 25.6. The van der Waals surface area contributed by atoms with Gasteiger partial charge in [-0.15, -0.1) is 0 Å². The molecule has 8 heteroatoms. The summed E-state index contributed by atoms with van der Waals surface area (Å²) in [7, 11) is 0. The summed E-state index contributed by atoms with van der Waals surface area (Å²) in [5, 5.41) is 0. The molecule has 1 aromatic heterocycles. The van der Waals surface area contributed by atoms with Crippen LogP contribution < -0.4 is 9.47 Å². The van der Waals surface area contributed by atoms with Crippen LogP contribution in [0.2, 0.25) is 0 Å². The standard InChI is InChI=1S/C29H32N2O6/c1-2-34-29(33)23-9-6-14-31(18-23)28(32)26-13-11-24(37-26)19-30(16-21-7-4-3-5-8-21)17-22-10-12-25-27(15-22)36-20-35-25/h3-5,7-8,10-13,15,23H,2,6,9,14,16-20H2,1H3. The number of hydrogen-bond donors (Lipinski definition) is 0. The summed E-state index contributed by atoms with van der Waals surface area (Å²) in [4.78, 5) is 29.3. The third-order valence-electron chi connectivity index (χ3n) is 6.67. The molecular formula is C29H32N2O6. The molecule has 0 bridgehead atoms. The van der Waals surface area contributed by atoms with E-state index in [4.69, 9.17) is 18.6 Å². The van der Waals surface area contributed by atoms with Crippen LogP contribution in [0, 0.1) is 5.92 Å². The van der Waals surface area contributed by atoms with E-state index in [-0.39, 0.29) is 24.6 Å². The van der Waals surface area contributed by atoms with Crippen LogP contribution in [-0.4, -0.2) is 48.2 Å². The van der Waals surface area contributed by atoms with Gasteiger partial charge in [-0.1, -0.05) is 36.4 Å². The molecule has 1 saturated heterocycles. The molecule has 3 aromatic rings. The van der Waals surface area contributed by atoms with Crippen molar-refractivity contribution in [2.24, 2.45) is 5.92 Å². The van der Waals surface area contributed by atoms with E-state index < -0.39 is 0 Å². The number of carbonyl (C=O) groups is 2. The molecule has 2 aromatic carbocycles. The Morgan fingerprint density at radius 1 is 0.973 bits per heavy atom. The van der Waals surface area contributed by atoms with Crippen LogP contribution in [0.15, 0.2) is 65.1 Å². The first kappa shape index (κ1) is 24.9. The lowest BCUT2D eigenvalue weighted by atomic mass is 9.98. The van der Waals surface area contributed by atoms with Crippen LogP contribution in [0.4, 0.5) is 0 Å². The Hall–Kier alpha value is -3.78. The third-order valence-corrected chi connectivity index (χ3v) is 6.67. The average molecular weight is 505 g/mol. The molecule has 1 fully saturated rings. The first-order chi connectivity index (χ1) is 18.1. The second-order valence-electron chi connectivity index (χ2n) is 9.43. The Morgan fingerprint density at radius 3 is 2.62 bits per heavy atom. The number of furan rings is 1. The number of carbonyl (C=O) groups excluding carboxylic acids is 2. The topological polar surface area (TPSA) is 81.5 Å². The van der Waals surface area contributed by atoms with Gasteiger partial charge in [0.15, 0.2) is 17.3 Å². The molecule has 0 radical (unpaired) electrons. The highest BCUT2D eigenvalue weighted by Gasteiger charge is 2.31. The van der Waals surface area contributed by atoms with Gasteiger partial charge in [0, 0.05) is 26.2 Å². The van der Waals surface area contributed by atoms with Crippen molar-refractivity contribution in [3.8, 4) is 11.5 Å². The fourth-order valence-electron chi connectivity index (χ4n) is 4.87. The molecule has 3 heterocycles. The van der Waals surface area contributed by atoms with Crippen LogP contribution in [0.5, 0.6) is 11.5 Å². The van der Waals surface area contributed by atoms with Gasteiger partial charge in [-0.25, -0.2) is 0 Å². The summed E-state index contributed by atoms with van der Waals surface area (Å²) in [6.45, 7) is 5.26. The third kappa shape index (κ3) is 6.14. The molecule has 37 heavy (non-hydrogen) atoms. The summed E-state index contributed by atoms with van der Waals surface area (Å²) in [5.41, 5.74) is 2.28. The van der Waals surface area contributed by atoms with Gasteiger partial charge in [0.05, 0.1) is 19.1 Å². The number of hydrogen-bond acceptors (Lipinski definition) is 7. The molecule has 0 aliphatic carbocycles. The summed E-state index contributed by atoms with van der Waals surface area (Å²) in [6.07, 6.45) is 1.50. The minimum Gasteiger partial charge on any atom is -0.466 e. The fourth-order valence-corrected chi connectivity index (χ4v) is 4.87. The quantitative estimate of drug-likeness (QED) is 0.393. The number of amides is 1. The van der Waals surface area contributed by atoms with E-state index in [1.807, 2.05) is 42.5 Å². The van der Waals surface area contributed by atoms with Gasteiger partial charge >= 0.3 is 5.97 Å². The number of benzene rings is 2. The van der Waals surface area contributed by atoms with Crippen molar-refractivity contribution in [3.05, 3.63) is 83.3 Å². The van der Waals surface area contributed by atoms with E-state index in [1.165, 1.54) is 5.56 Å². The van der Waals surface area contributed by atoms with Crippen LogP contribution in [0.25, 0.3) is 0 Å². The molecule has 1 unspecified atom stereocenters. The van der Waals surface area contributed by atoms with E-state index >= 15 is 0 Å². The van der Waals surface area contributed by atoms with Crippen molar-refractivity contribution < 1.29 is 28.2 Å². The van der Waals surface area contributed by atoms with Gasteiger partial charge in [-0.2, -0.15) is 0 Å². The maximum atomic E-state index is 13.2. The van der Waals surface area contributed by atoms with Gasteiger partial charge in [-0.05, 0) is 55.2 Å². The Balaban J connectivity index is 1.28. The van der Waals surface area contributed by atoms with E-state index in [0.29, 0.717) is 50.9 Å². The molecule has 0 spiro atoms. The molecule has 1 amide bonds. The molecule has 194 valence electrons. The monoisotopic (exact) mass is 504 g/mol. The molecular weight excluding hydrogens is 472 g/mol. The fraction of sp³-hybridized carbons (Fsp3) is 0.379. The lowest BCUT2D eigenvalue weighted by Gasteiger charge is -2.30. The number of piperidine rings is 1. The van der Waals surface area contributed by atoms with Crippen molar-refractivity contribution >= 4 is 11.9 Å². The number of esters is 1. The molecule has 5 rings (SSSR count). The van der Waals surface area contributed by atoms with E-state index in [1.54, 1.807) is 17.9 Å². The highest BCUT2D eigenvalue weighted by molar-refractivity contribution is 5.92. The van der Waals surface area contributed by atoms with E-state index in [2.05, 4.69) is 17.0 Å². The number of likely N-dealkylation sites (tertiary alicyclic amines) is 1. The minimum absolute atomic E-state index is 0.189. The Labute approximate surface area is 216 Å². The van der Waals surface area contributed by atoms with Crippen LogP contribution in [0.1, 0.15) is 47.2 Å². The van der Waals surface area contributed by atoms with Gasteiger partial charge in [0.25, 0.3) is 5.91 Å². The van der Waals surface area contributed by atoms with Crippen molar-refractivity contribution in [2.45, 2.75) is 39.4 Å². The van der Waals surface area contributed by atoms with Gasteiger partial charge in [0.2, 0.25) is 6.79 Å². The molecule has 0 saturated carbocycles.